The highest BCUT2D eigenvalue weighted by Gasteiger charge is 2.59. The number of aliphatic hydroxyl groups excluding tert-OH is 1. The molecule has 6 atom stereocenters. The van der Waals surface area contributed by atoms with E-state index in [1.54, 1.807) is 11.8 Å². The van der Waals surface area contributed by atoms with Gasteiger partial charge >= 0.3 is 5.97 Å². The Hall–Kier alpha value is -2.67. The van der Waals surface area contributed by atoms with E-state index in [0.29, 0.717) is 0 Å². The molecule has 0 aromatic heterocycles. The molecule has 4 rings (SSSR count). The van der Waals surface area contributed by atoms with Crippen LogP contribution in [0.25, 0.3) is 0 Å². The number of allylic oxidation sites excluding steroid dienone is 1. The van der Waals surface area contributed by atoms with Crippen LogP contribution in [-0.2, 0) is 19.1 Å². The van der Waals surface area contributed by atoms with Crippen LogP contribution in [0, 0.1) is 23.7 Å². The van der Waals surface area contributed by atoms with Gasteiger partial charge in [0.2, 0.25) is 11.8 Å². The van der Waals surface area contributed by atoms with Gasteiger partial charge in [-0.25, -0.2) is 0 Å². The molecule has 1 aromatic rings. The van der Waals surface area contributed by atoms with Crippen LogP contribution in [0.5, 0.6) is 0 Å². The molecular formula is C29H40N2O5. The second kappa shape index (κ2) is 12.0. The van der Waals surface area contributed by atoms with Crippen LogP contribution in [0.4, 0.5) is 0 Å². The zero-order valence-corrected chi connectivity index (χ0v) is 21.5. The second-order valence-electron chi connectivity index (χ2n) is 10.4. The van der Waals surface area contributed by atoms with Crippen molar-refractivity contribution in [3.05, 3.63) is 48.0 Å². The lowest BCUT2D eigenvalue weighted by molar-refractivity contribution is -0.156. The van der Waals surface area contributed by atoms with Gasteiger partial charge in [-0.15, -0.1) is 0 Å². The fourth-order valence-corrected chi connectivity index (χ4v) is 6.51. The summed E-state index contributed by atoms with van der Waals surface area (Å²) in [5.41, 5.74) is 0.768. The molecule has 0 spiro atoms. The molecule has 1 heterocycles. The van der Waals surface area contributed by atoms with Gasteiger partial charge in [0.15, 0.2) is 0 Å². The average molecular weight is 497 g/mol. The van der Waals surface area contributed by atoms with Crippen molar-refractivity contribution >= 4 is 17.8 Å². The highest BCUT2D eigenvalue weighted by Crippen LogP contribution is 2.48. The van der Waals surface area contributed by atoms with E-state index in [0.717, 1.165) is 44.1 Å². The van der Waals surface area contributed by atoms with Gasteiger partial charge in [0.1, 0.15) is 6.04 Å². The summed E-state index contributed by atoms with van der Waals surface area (Å²) in [5.74, 6) is -2.74. The minimum Gasteiger partial charge on any atom is -0.466 e. The monoisotopic (exact) mass is 496 g/mol. The Morgan fingerprint density at radius 2 is 1.83 bits per heavy atom. The fourth-order valence-electron chi connectivity index (χ4n) is 6.51. The normalized spacial score (nSPS) is 29.0. The van der Waals surface area contributed by atoms with Crippen LogP contribution < -0.4 is 5.32 Å². The first-order chi connectivity index (χ1) is 17.5. The highest BCUT2D eigenvalue weighted by molar-refractivity contribution is 5.96. The summed E-state index contributed by atoms with van der Waals surface area (Å²) in [6.45, 7) is 3.75. The summed E-state index contributed by atoms with van der Waals surface area (Å²) in [7, 11) is 0. The maximum absolute atomic E-state index is 14.2. The van der Waals surface area contributed by atoms with Gasteiger partial charge in [-0.1, -0.05) is 75.1 Å². The van der Waals surface area contributed by atoms with Crippen LogP contribution in [0.2, 0.25) is 0 Å². The smallest absolute Gasteiger partial charge is 0.310 e. The molecule has 7 heteroatoms. The molecule has 2 aliphatic carbocycles. The number of esters is 1. The number of ether oxygens (including phenoxy) is 1. The third kappa shape index (κ3) is 5.22. The largest absolute Gasteiger partial charge is 0.466 e. The molecule has 36 heavy (non-hydrogen) atoms. The van der Waals surface area contributed by atoms with Gasteiger partial charge < -0.3 is 20.1 Å². The minimum atomic E-state index is -0.794. The van der Waals surface area contributed by atoms with E-state index >= 15 is 0 Å². The lowest BCUT2D eigenvalue weighted by atomic mass is 9.68. The molecule has 1 saturated carbocycles. The lowest BCUT2D eigenvalue weighted by Gasteiger charge is -2.35. The Bertz CT molecular complexity index is 942. The van der Waals surface area contributed by atoms with Gasteiger partial charge in [-0.2, -0.15) is 0 Å². The van der Waals surface area contributed by atoms with Crippen LogP contribution in [0.1, 0.15) is 70.4 Å². The van der Waals surface area contributed by atoms with Crippen LogP contribution >= 0.6 is 0 Å². The van der Waals surface area contributed by atoms with E-state index in [1.807, 2.05) is 42.5 Å². The van der Waals surface area contributed by atoms with Gasteiger partial charge in [0, 0.05) is 12.0 Å². The Morgan fingerprint density at radius 3 is 2.47 bits per heavy atom. The zero-order chi connectivity index (χ0) is 25.7. The third-order valence-electron chi connectivity index (χ3n) is 8.14. The fraction of sp³-hybridized carbons (Fsp3) is 0.621. The summed E-state index contributed by atoms with van der Waals surface area (Å²) < 4.78 is 5.44. The van der Waals surface area contributed by atoms with Crippen LogP contribution in [0.3, 0.4) is 0 Å². The first kappa shape index (κ1) is 26.4. The first-order valence-corrected chi connectivity index (χ1v) is 13.6. The predicted molar refractivity (Wildman–Crippen MR) is 137 cm³/mol. The molecule has 1 aromatic carbocycles. The number of hydrogen-bond acceptors (Lipinski definition) is 5. The molecule has 2 fully saturated rings. The number of nitrogens with one attached hydrogen (secondary N) is 1. The van der Waals surface area contributed by atoms with Crippen molar-refractivity contribution in [1.29, 1.82) is 0 Å². The first-order valence-electron chi connectivity index (χ1n) is 13.6. The maximum Gasteiger partial charge on any atom is 0.310 e. The molecule has 2 N–H and O–H groups in total. The number of carbonyl (C=O) groups is 3. The Balaban J connectivity index is 1.74. The average Bonchev–Trinajstić information content (AvgIpc) is 3.18. The molecule has 7 nitrogen and oxygen atoms in total. The van der Waals surface area contributed by atoms with Crippen LogP contribution in [-0.4, -0.2) is 53.1 Å². The number of fused-ring (bicyclic) bond motifs is 1. The summed E-state index contributed by atoms with van der Waals surface area (Å²) in [4.78, 5) is 42.8. The Morgan fingerprint density at radius 1 is 1.11 bits per heavy atom. The van der Waals surface area contributed by atoms with E-state index in [9.17, 15) is 19.5 Å². The number of likely N-dealkylation sites (tertiary alicyclic amines) is 1. The van der Waals surface area contributed by atoms with Gasteiger partial charge in [0.25, 0.3) is 0 Å². The highest BCUT2D eigenvalue weighted by atomic mass is 16.5. The lowest BCUT2D eigenvalue weighted by Crippen LogP contribution is -2.51. The van der Waals surface area contributed by atoms with Gasteiger partial charge in [-0.3, -0.25) is 14.4 Å². The molecule has 2 amide bonds. The quantitative estimate of drug-likeness (QED) is 0.401. The Kier molecular flexibility index (Phi) is 8.83. The van der Waals surface area contributed by atoms with Crippen molar-refractivity contribution in [2.24, 2.45) is 23.7 Å². The molecule has 0 unspecified atom stereocenters. The Labute approximate surface area is 214 Å². The van der Waals surface area contributed by atoms with E-state index in [4.69, 9.17) is 4.74 Å². The molecule has 0 bridgehead atoms. The van der Waals surface area contributed by atoms with E-state index in [1.165, 1.54) is 6.42 Å². The molecule has 1 aliphatic heterocycles. The van der Waals surface area contributed by atoms with Crippen molar-refractivity contribution in [3.8, 4) is 0 Å². The third-order valence-corrected chi connectivity index (χ3v) is 8.14. The summed E-state index contributed by atoms with van der Waals surface area (Å²) in [6, 6.07) is 7.96. The minimum absolute atomic E-state index is 0.0906. The maximum atomic E-state index is 14.2. The summed E-state index contributed by atoms with van der Waals surface area (Å²) in [5, 5.41) is 13.7. The SMILES string of the molecule is CCC[C@@H]1C=C[C@H]2[C@H](C(=O)N([C@H](CO)c3ccccc3)[C@@H]2C(=O)NC2CCCCC2)[C@@H]1C(=O)OCC. The number of aliphatic hydroxyl groups is 1. The number of nitrogens with zero attached hydrogens (tertiary/aromatic N) is 1. The van der Waals surface area contributed by atoms with Crippen LogP contribution in [0.15, 0.2) is 42.5 Å². The number of benzene rings is 1. The molecule has 1 saturated heterocycles. The van der Waals surface area contributed by atoms with E-state index < -0.39 is 29.8 Å². The summed E-state index contributed by atoms with van der Waals surface area (Å²) >= 11 is 0. The second-order valence-corrected chi connectivity index (χ2v) is 10.4. The number of rotatable bonds is 9. The van der Waals surface area contributed by atoms with Crippen molar-refractivity contribution in [2.75, 3.05) is 13.2 Å². The van der Waals surface area contributed by atoms with E-state index in [2.05, 4.69) is 12.2 Å². The van der Waals surface area contributed by atoms with Gasteiger partial charge in [-0.05, 0) is 37.7 Å². The number of amides is 2. The van der Waals surface area contributed by atoms with E-state index in [-0.39, 0.29) is 43.0 Å². The molecule has 3 aliphatic rings. The molecule has 196 valence electrons. The van der Waals surface area contributed by atoms with Gasteiger partial charge in [0.05, 0.1) is 31.1 Å². The van der Waals surface area contributed by atoms with Crippen molar-refractivity contribution in [2.45, 2.75) is 76.9 Å². The van der Waals surface area contributed by atoms with Crippen molar-refractivity contribution in [1.82, 2.24) is 10.2 Å². The van der Waals surface area contributed by atoms with Crippen molar-refractivity contribution in [3.63, 3.8) is 0 Å². The zero-order valence-electron chi connectivity index (χ0n) is 21.5. The topological polar surface area (TPSA) is 95.9 Å². The van der Waals surface area contributed by atoms with Crippen molar-refractivity contribution < 1.29 is 24.2 Å². The molecular weight excluding hydrogens is 456 g/mol. The number of hydrogen-bond donors (Lipinski definition) is 2. The number of carbonyl (C=O) groups excluding carboxylic acids is 3. The standard InChI is InChI=1S/C29H40N2O5/c1-3-11-20-16-17-22-25(24(20)29(35)36-4-2)28(34)31(23(18-32)19-12-7-5-8-13-19)26(22)27(33)30-21-14-9-6-10-15-21/h5,7-8,12-13,16-17,20-26,32H,3-4,6,9-11,14-15,18H2,1-2H3,(H,30,33)/t20-,22+,23-,24-,25+,26+/m1/s1. The predicted octanol–water partition coefficient (Wildman–Crippen LogP) is 3.78. The summed E-state index contributed by atoms with van der Waals surface area (Å²) in [6.07, 6.45) is 10.8. The molecule has 0 radical (unpaired) electrons.